The lowest BCUT2D eigenvalue weighted by atomic mass is 9.77. The van der Waals surface area contributed by atoms with Gasteiger partial charge < -0.3 is 15.1 Å². The summed E-state index contributed by atoms with van der Waals surface area (Å²) in [7, 11) is 0. The second-order valence-electron chi connectivity index (χ2n) is 8.00. The van der Waals surface area contributed by atoms with Crippen LogP contribution in [0.15, 0.2) is 42.5 Å². The molecule has 0 aliphatic carbocycles. The quantitative estimate of drug-likeness (QED) is 0.741. The van der Waals surface area contributed by atoms with E-state index in [1.54, 1.807) is 29.2 Å². The third-order valence-electron chi connectivity index (χ3n) is 6.11. The molecule has 1 spiro atoms. The molecule has 158 valence electrons. The predicted octanol–water partition coefficient (Wildman–Crippen LogP) is 4.78. The highest BCUT2D eigenvalue weighted by Crippen LogP contribution is 2.41. The fourth-order valence-corrected chi connectivity index (χ4v) is 4.42. The van der Waals surface area contributed by atoms with E-state index < -0.39 is 23.1 Å². The minimum absolute atomic E-state index is 0.0676. The molecule has 3 amide bonds. The maximum Gasteiger partial charge on any atom is 0.321 e. The first-order chi connectivity index (χ1) is 14.4. The first-order valence-corrected chi connectivity index (χ1v) is 10.3. The minimum Gasteiger partial charge on any atom is -0.338 e. The van der Waals surface area contributed by atoms with Crippen molar-refractivity contribution in [2.75, 3.05) is 31.5 Å². The molecule has 2 aromatic carbocycles. The first kappa shape index (κ1) is 20.6. The molecule has 0 radical (unpaired) electrons. The molecule has 2 aliphatic heterocycles. The lowest BCUT2D eigenvalue weighted by molar-refractivity contribution is 0.0585. The molecule has 0 aromatic heterocycles. The van der Waals surface area contributed by atoms with Gasteiger partial charge in [-0.2, -0.15) is 0 Å². The van der Waals surface area contributed by atoms with Crippen molar-refractivity contribution in [2.45, 2.75) is 19.3 Å². The van der Waals surface area contributed by atoms with E-state index in [0.29, 0.717) is 49.7 Å². The van der Waals surface area contributed by atoms with Crippen molar-refractivity contribution in [3.8, 4) is 0 Å². The number of rotatable bonds is 2. The summed E-state index contributed by atoms with van der Waals surface area (Å²) in [6, 6.07) is 10.2. The van der Waals surface area contributed by atoms with Crippen LogP contribution in [-0.4, -0.2) is 47.9 Å². The van der Waals surface area contributed by atoms with Gasteiger partial charge in [-0.1, -0.05) is 17.7 Å². The van der Waals surface area contributed by atoms with Gasteiger partial charge in [0.25, 0.3) is 5.91 Å². The number of nitrogens with zero attached hydrogens (tertiary/aromatic N) is 2. The zero-order valence-electron chi connectivity index (χ0n) is 16.3. The molecule has 0 atom stereocenters. The van der Waals surface area contributed by atoms with E-state index in [9.17, 15) is 18.4 Å². The van der Waals surface area contributed by atoms with Crippen LogP contribution in [0.4, 0.5) is 19.3 Å². The number of amides is 3. The SMILES string of the molecule is O=C(Nc1ccc(Cl)cc1)N1CCC2(CCN(C(=O)c3c(F)cccc3F)CC2)C1. The Labute approximate surface area is 178 Å². The number of hydrogen-bond donors (Lipinski definition) is 1. The lowest BCUT2D eigenvalue weighted by Gasteiger charge is -2.39. The molecule has 0 unspecified atom stereocenters. The molecular weight excluding hydrogens is 412 g/mol. The molecule has 2 aromatic rings. The van der Waals surface area contributed by atoms with Crippen molar-refractivity contribution in [1.82, 2.24) is 9.80 Å². The topological polar surface area (TPSA) is 52.7 Å². The molecule has 2 aliphatic rings. The highest BCUT2D eigenvalue weighted by atomic mass is 35.5. The van der Waals surface area contributed by atoms with E-state index in [-0.39, 0.29) is 11.4 Å². The molecule has 0 saturated carbocycles. The number of urea groups is 1. The first-order valence-electron chi connectivity index (χ1n) is 9.92. The third-order valence-corrected chi connectivity index (χ3v) is 6.36. The van der Waals surface area contributed by atoms with Crippen LogP contribution in [0.5, 0.6) is 0 Å². The summed E-state index contributed by atoms with van der Waals surface area (Å²) in [5, 5.41) is 3.48. The zero-order chi connectivity index (χ0) is 21.3. The van der Waals surface area contributed by atoms with Crippen LogP contribution in [0.3, 0.4) is 0 Å². The van der Waals surface area contributed by atoms with Gasteiger partial charge in [0.2, 0.25) is 0 Å². The Bertz CT molecular complexity index is 939. The van der Waals surface area contributed by atoms with E-state index in [1.165, 1.54) is 11.0 Å². The summed E-state index contributed by atoms with van der Waals surface area (Å²) >= 11 is 5.87. The Morgan fingerprint density at radius 3 is 2.07 bits per heavy atom. The number of carbonyl (C=O) groups excluding carboxylic acids is 2. The van der Waals surface area contributed by atoms with Crippen LogP contribution in [0.2, 0.25) is 5.02 Å². The summed E-state index contributed by atoms with van der Waals surface area (Å²) in [6.45, 7) is 2.07. The average molecular weight is 434 g/mol. The van der Waals surface area contributed by atoms with E-state index in [0.717, 1.165) is 18.6 Å². The van der Waals surface area contributed by atoms with Gasteiger partial charge in [-0.25, -0.2) is 13.6 Å². The van der Waals surface area contributed by atoms with Crippen molar-refractivity contribution >= 4 is 29.2 Å². The molecule has 2 heterocycles. The molecule has 1 N–H and O–H groups in total. The van der Waals surface area contributed by atoms with Crippen LogP contribution < -0.4 is 5.32 Å². The fraction of sp³-hybridized carbons (Fsp3) is 0.364. The van der Waals surface area contributed by atoms with Crippen LogP contribution in [-0.2, 0) is 0 Å². The van der Waals surface area contributed by atoms with Crippen LogP contribution in [0.1, 0.15) is 29.6 Å². The minimum atomic E-state index is -0.841. The number of hydrogen-bond acceptors (Lipinski definition) is 2. The van der Waals surface area contributed by atoms with Crippen molar-refractivity contribution in [3.63, 3.8) is 0 Å². The number of carbonyl (C=O) groups is 2. The molecule has 5 nitrogen and oxygen atoms in total. The number of halogens is 3. The maximum atomic E-state index is 13.9. The standard InChI is InChI=1S/C22H22ClF2N3O2/c23-15-4-6-16(7-5-15)26-21(30)28-13-10-22(14-28)8-11-27(12-9-22)20(29)19-17(24)2-1-3-18(19)25/h1-7H,8-14H2,(H,26,30). The average Bonchev–Trinajstić information content (AvgIpc) is 3.14. The summed E-state index contributed by atoms with van der Waals surface area (Å²) in [4.78, 5) is 28.5. The Kier molecular flexibility index (Phi) is 5.64. The van der Waals surface area contributed by atoms with E-state index in [1.807, 2.05) is 0 Å². The van der Waals surface area contributed by atoms with E-state index in [4.69, 9.17) is 11.6 Å². The normalized spacial score (nSPS) is 18.0. The number of likely N-dealkylation sites (tertiary alicyclic amines) is 2. The van der Waals surface area contributed by atoms with Gasteiger partial charge in [0, 0.05) is 36.9 Å². The van der Waals surface area contributed by atoms with Gasteiger partial charge >= 0.3 is 6.03 Å². The largest absolute Gasteiger partial charge is 0.338 e. The van der Waals surface area contributed by atoms with Gasteiger partial charge in [0.05, 0.1) is 0 Å². The van der Waals surface area contributed by atoms with E-state index >= 15 is 0 Å². The Balaban J connectivity index is 1.35. The molecule has 8 heteroatoms. The van der Waals surface area contributed by atoms with Gasteiger partial charge in [-0.15, -0.1) is 0 Å². The van der Waals surface area contributed by atoms with Crippen LogP contribution >= 0.6 is 11.6 Å². The molecule has 2 saturated heterocycles. The monoisotopic (exact) mass is 433 g/mol. The van der Waals surface area contributed by atoms with Crippen molar-refractivity contribution in [2.24, 2.45) is 5.41 Å². The van der Waals surface area contributed by atoms with Gasteiger partial charge in [-0.05, 0) is 61.1 Å². The van der Waals surface area contributed by atoms with Crippen molar-refractivity contribution < 1.29 is 18.4 Å². The second-order valence-corrected chi connectivity index (χ2v) is 8.43. The fourth-order valence-electron chi connectivity index (χ4n) is 4.30. The second kappa shape index (κ2) is 8.22. The summed E-state index contributed by atoms with van der Waals surface area (Å²) in [5.74, 6) is -2.30. The van der Waals surface area contributed by atoms with Gasteiger partial charge in [0.1, 0.15) is 17.2 Å². The number of benzene rings is 2. The van der Waals surface area contributed by atoms with Crippen LogP contribution in [0, 0.1) is 17.0 Å². The number of piperidine rings is 1. The summed E-state index contributed by atoms with van der Waals surface area (Å²) < 4.78 is 27.9. The van der Waals surface area contributed by atoms with Gasteiger partial charge in [0.15, 0.2) is 0 Å². The molecule has 4 rings (SSSR count). The van der Waals surface area contributed by atoms with Crippen LogP contribution in [0.25, 0.3) is 0 Å². The summed E-state index contributed by atoms with van der Waals surface area (Å²) in [6.07, 6.45) is 2.23. The molecule has 30 heavy (non-hydrogen) atoms. The Morgan fingerprint density at radius 1 is 0.900 bits per heavy atom. The number of nitrogens with one attached hydrogen (secondary N) is 1. The smallest absolute Gasteiger partial charge is 0.321 e. The summed E-state index contributed by atoms with van der Waals surface area (Å²) in [5.41, 5.74) is 0.114. The molecule has 0 bridgehead atoms. The van der Waals surface area contributed by atoms with Gasteiger partial charge in [-0.3, -0.25) is 4.79 Å². The molecular formula is C22H22ClF2N3O2. The maximum absolute atomic E-state index is 13.9. The predicted molar refractivity (Wildman–Crippen MR) is 111 cm³/mol. The third kappa shape index (κ3) is 4.12. The van der Waals surface area contributed by atoms with Crippen molar-refractivity contribution in [1.29, 1.82) is 0 Å². The Hall–Kier alpha value is -2.67. The zero-order valence-corrected chi connectivity index (χ0v) is 17.1. The van der Waals surface area contributed by atoms with Crippen molar-refractivity contribution in [3.05, 3.63) is 64.7 Å². The highest BCUT2D eigenvalue weighted by Gasteiger charge is 2.43. The van der Waals surface area contributed by atoms with E-state index in [2.05, 4.69) is 5.32 Å². The Morgan fingerprint density at radius 2 is 1.47 bits per heavy atom. The lowest BCUT2D eigenvalue weighted by Crippen LogP contribution is -2.45. The highest BCUT2D eigenvalue weighted by molar-refractivity contribution is 6.30. The number of anilines is 1. The molecule has 2 fully saturated rings.